The van der Waals surface area contributed by atoms with Crippen LogP contribution >= 0.6 is 0 Å². The number of ether oxygens (including phenoxy) is 1. The Hall–Kier alpha value is -3.86. The highest BCUT2D eigenvalue weighted by Crippen LogP contribution is 2.32. The average molecular weight is 412 g/mol. The summed E-state index contributed by atoms with van der Waals surface area (Å²) >= 11 is 0. The molecule has 1 N–H and O–H groups in total. The van der Waals surface area contributed by atoms with Crippen LogP contribution in [0.1, 0.15) is 25.0 Å². The fourth-order valence-electron chi connectivity index (χ4n) is 3.51. The number of rotatable bonds is 7. The summed E-state index contributed by atoms with van der Waals surface area (Å²) < 4.78 is 5.71. The van der Waals surface area contributed by atoms with Crippen LogP contribution in [0.25, 0.3) is 5.57 Å². The van der Waals surface area contributed by atoms with Crippen LogP contribution in [0.5, 0.6) is 5.75 Å². The first-order valence-corrected chi connectivity index (χ1v) is 10.3. The van der Waals surface area contributed by atoms with E-state index in [1.807, 2.05) is 98.8 Å². The molecule has 0 spiro atoms. The van der Waals surface area contributed by atoms with Crippen molar-refractivity contribution in [3.05, 3.63) is 102 Å². The van der Waals surface area contributed by atoms with Crippen molar-refractivity contribution >= 4 is 23.1 Å². The molecular weight excluding hydrogens is 388 g/mol. The van der Waals surface area contributed by atoms with Crippen molar-refractivity contribution in [2.75, 3.05) is 5.32 Å². The van der Waals surface area contributed by atoms with Gasteiger partial charge in [0.05, 0.1) is 18.2 Å². The molecule has 2 amide bonds. The maximum Gasteiger partial charge on any atom is 0.278 e. The first-order valence-electron chi connectivity index (χ1n) is 10.3. The molecule has 5 heteroatoms. The van der Waals surface area contributed by atoms with E-state index in [9.17, 15) is 9.59 Å². The Kier molecular flexibility index (Phi) is 5.85. The smallest absolute Gasteiger partial charge is 0.278 e. The van der Waals surface area contributed by atoms with Gasteiger partial charge >= 0.3 is 0 Å². The second-order valence-corrected chi connectivity index (χ2v) is 7.61. The number of imide groups is 1. The van der Waals surface area contributed by atoms with Gasteiger partial charge in [-0.05, 0) is 49.2 Å². The Morgan fingerprint density at radius 3 is 2.03 bits per heavy atom. The number of amides is 2. The first kappa shape index (κ1) is 20.4. The minimum absolute atomic E-state index is 0.0522. The number of anilines is 1. The zero-order chi connectivity index (χ0) is 21.8. The van der Waals surface area contributed by atoms with E-state index in [2.05, 4.69) is 5.32 Å². The molecule has 31 heavy (non-hydrogen) atoms. The van der Waals surface area contributed by atoms with Crippen molar-refractivity contribution in [1.29, 1.82) is 0 Å². The molecular formula is C26H24N2O3. The lowest BCUT2D eigenvalue weighted by Crippen LogP contribution is -2.31. The minimum atomic E-state index is -0.338. The van der Waals surface area contributed by atoms with Crippen molar-refractivity contribution in [3.63, 3.8) is 0 Å². The van der Waals surface area contributed by atoms with Crippen LogP contribution in [0.3, 0.4) is 0 Å². The summed E-state index contributed by atoms with van der Waals surface area (Å²) in [6, 6.07) is 26.2. The third-order valence-corrected chi connectivity index (χ3v) is 4.91. The molecule has 4 rings (SSSR count). The molecule has 0 atom stereocenters. The van der Waals surface area contributed by atoms with Crippen LogP contribution in [0.15, 0.2) is 90.6 Å². The van der Waals surface area contributed by atoms with Gasteiger partial charge in [-0.3, -0.25) is 14.5 Å². The normalized spacial score (nSPS) is 13.8. The summed E-state index contributed by atoms with van der Waals surface area (Å²) in [4.78, 5) is 27.9. The van der Waals surface area contributed by atoms with E-state index < -0.39 is 0 Å². The van der Waals surface area contributed by atoms with Crippen LogP contribution in [0, 0.1) is 0 Å². The number of para-hydroxylation sites is 1. The molecule has 5 nitrogen and oxygen atoms in total. The predicted molar refractivity (Wildman–Crippen MR) is 121 cm³/mol. The number of nitrogens with one attached hydrogen (secondary N) is 1. The highest BCUT2D eigenvalue weighted by molar-refractivity contribution is 6.36. The van der Waals surface area contributed by atoms with Gasteiger partial charge in [-0.15, -0.1) is 0 Å². The van der Waals surface area contributed by atoms with E-state index in [0.29, 0.717) is 11.1 Å². The molecule has 1 heterocycles. The first-order chi connectivity index (χ1) is 15.0. The number of hydrogen-bond acceptors (Lipinski definition) is 4. The summed E-state index contributed by atoms with van der Waals surface area (Å²) in [6.45, 7) is 4.13. The van der Waals surface area contributed by atoms with E-state index in [4.69, 9.17) is 4.74 Å². The van der Waals surface area contributed by atoms with E-state index in [1.165, 1.54) is 4.90 Å². The zero-order valence-electron chi connectivity index (χ0n) is 17.5. The van der Waals surface area contributed by atoms with Crippen LogP contribution in [-0.4, -0.2) is 22.8 Å². The molecule has 0 bridgehead atoms. The Morgan fingerprint density at radius 2 is 1.42 bits per heavy atom. The predicted octanol–water partition coefficient (Wildman–Crippen LogP) is 4.87. The van der Waals surface area contributed by atoms with E-state index in [-0.39, 0.29) is 30.2 Å². The maximum atomic E-state index is 13.4. The molecule has 0 unspecified atom stereocenters. The van der Waals surface area contributed by atoms with Crippen molar-refractivity contribution in [3.8, 4) is 5.75 Å². The summed E-state index contributed by atoms with van der Waals surface area (Å²) in [5.74, 6) is 0.0647. The Bertz CT molecular complexity index is 1100. The third kappa shape index (κ3) is 4.51. The van der Waals surface area contributed by atoms with Gasteiger partial charge in [0.1, 0.15) is 11.4 Å². The summed E-state index contributed by atoms with van der Waals surface area (Å²) in [5, 5.41) is 3.17. The fraction of sp³-hybridized carbons (Fsp3) is 0.154. The SMILES string of the molecule is CC(C)Oc1ccc(C2=C(Nc3ccccc3)C(=O)N(Cc3ccccc3)C2=O)cc1. The van der Waals surface area contributed by atoms with E-state index in [1.54, 1.807) is 0 Å². The molecule has 0 aliphatic carbocycles. The topological polar surface area (TPSA) is 58.6 Å². The summed E-state index contributed by atoms with van der Waals surface area (Å²) in [7, 11) is 0. The quantitative estimate of drug-likeness (QED) is 0.563. The molecule has 1 aliphatic rings. The van der Waals surface area contributed by atoms with Gasteiger partial charge in [-0.25, -0.2) is 0 Å². The van der Waals surface area contributed by atoms with Gasteiger partial charge in [0.15, 0.2) is 0 Å². The van der Waals surface area contributed by atoms with Gasteiger partial charge in [-0.1, -0.05) is 60.7 Å². The molecule has 0 aromatic heterocycles. The average Bonchev–Trinajstić information content (AvgIpc) is 3.00. The van der Waals surface area contributed by atoms with Gasteiger partial charge in [0, 0.05) is 5.69 Å². The largest absolute Gasteiger partial charge is 0.491 e. The van der Waals surface area contributed by atoms with Crippen molar-refractivity contribution < 1.29 is 14.3 Å². The van der Waals surface area contributed by atoms with Crippen LogP contribution < -0.4 is 10.1 Å². The Balaban J connectivity index is 1.70. The maximum absolute atomic E-state index is 13.4. The monoisotopic (exact) mass is 412 g/mol. The number of nitrogens with zero attached hydrogens (tertiary/aromatic N) is 1. The standard InChI is InChI=1S/C26H24N2O3/c1-18(2)31-22-15-13-20(14-16-22)23-24(27-21-11-7-4-8-12-21)26(30)28(25(23)29)17-19-9-5-3-6-10-19/h3-16,18,27H,17H2,1-2H3. The van der Waals surface area contributed by atoms with Crippen molar-refractivity contribution in [2.45, 2.75) is 26.5 Å². The summed E-state index contributed by atoms with van der Waals surface area (Å²) in [6.07, 6.45) is 0.0522. The molecule has 3 aromatic carbocycles. The highest BCUT2D eigenvalue weighted by Gasteiger charge is 2.39. The third-order valence-electron chi connectivity index (χ3n) is 4.91. The second kappa shape index (κ2) is 8.88. The van der Waals surface area contributed by atoms with E-state index >= 15 is 0 Å². The lowest BCUT2D eigenvalue weighted by atomic mass is 10.0. The van der Waals surface area contributed by atoms with Crippen molar-refractivity contribution in [2.24, 2.45) is 0 Å². The zero-order valence-corrected chi connectivity index (χ0v) is 17.5. The molecule has 156 valence electrons. The summed E-state index contributed by atoms with van der Waals surface area (Å²) in [5.41, 5.74) is 2.96. The number of carbonyl (C=O) groups is 2. The van der Waals surface area contributed by atoms with Crippen molar-refractivity contribution in [1.82, 2.24) is 4.90 Å². The van der Waals surface area contributed by atoms with Crippen LogP contribution in [0.4, 0.5) is 5.69 Å². The van der Waals surface area contributed by atoms with Gasteiger partial charge in [-0.2, -0.15) is 0 Å². The molecule has 0 saturated heterocycles. The molecule has 3 aromatic rings. The fourth-order valence-corrected chi connectivity index (χ4v) is 3.51. The molecule has 0 saturated carbocycles. The van der Waals surface area contributed by atoms with Gasteiger partial charge < -0.3 is 10.1 Å². The lowest BCUT2D eigenvalue weighted by Gasteiger charge is -2.15. The van der Waals surface area contributed by atoms with Gasteiger partial charge in [0.2, 0.25) is 0 Å². The molecule has 1 aliphatic heterocycles. The lowest BCUT2D eigenvalue weighted by molar-refractivity contribution is -0.137. The minimum Gasteiger partial charge on any atom is -0.491 e. The Morgan fingerprint density at radius 1 is 0.806 bits per heavy atom. The Labute approximate surface area is 182 Å². The number of carbonyl (C=O) groups excluding carboxylic acids is 2. The van der Waals surface area contributed by atoms with Crippen LogP contribution in [0.2, 0.25) is 0 Å². The molecule has 0 radical (unpaired) electrons. The second-order valence-electron chi connectivity index (χ2n) is 7.61. The van der Waals surface area contributed by atoms with Crippen LogP contribution in [-0.2, 0) is 16.1 Å². The van der Waals surface area contributed by atoms with Gasteiger partial charge in [0.25, 0.3) is 11.8 Å². The number of hydrogen-bond donors (Lipinski definition) is 1. The number of benzene rings is 3. The highest BCUT2D eigenvalue weighted by atomic mass is 16.5. The van der Waals surface area contributed by atoms with E-state index in [0.717, 1.165) is 17.0 Å². The molecule has 0 fully saturated rings.